The molecule has 3 N–H and O–H groups in total. The minimum Gasteiger partial charge on any atom is -0.348 e. The second kappa shape index (κ2) is 11.6. The van der Waals surface area contributed by atoms with Gasteiger partial charge in [-0.15, -0.1) is 11.8 Å². The third-order valence-electron chi connectivity index (χ3n) is 8.90. The van der Waals surface area contributed by atoms with Crippen LogP contribution in [-0.4, -0.2) is 39.7 Å². The van der Waals surface area contributed by atoms with Gasteiger partial charge in [-0.25, -0.2) is 8.78 Å². The number of fused-ring (bicyclic) bond motifs is 1. The summed E-state index contributed by atoms with van der Waals surface area (Å²) in [5, 5.41) is 16.8. The first-order valence-corrected chi connectivity index (χ1v) is 15.5. The number of hydrogen-bond donors (Lipinski definition) is 3. The summed E-state index contributed by atoms with van der Waals surface area (Å²) in [5.41, 5.74) is 3.81. The number of nitrogens with zero attached hydrogens (tertiary/aromatic N) is 2. The monoisotopic (exact) mass is 581 g/mol. The number of H-pyrrole nitrogens is 1. The number of alkyl halides is 2. The smallest absolute Gasteiger partial charge is 0.254 e. The number of carbonyl (C=O) groups is 1. The van der Waals surface area contributed by atoms with Gasteiger partial charge in [-0.05, 0) is 76.8 Å². The molecule has 1 atom stereocenters. The van der Waals surface area contributed by atoms with E-state index >= 15 is 0 Å². The summed E-state index contributed by atoms with van der Waals surface area (Å²) in [6.45, 7) is 6.03. The van der Waals surface area contributed by atoms with E-state index < -0.39 is 5.92 Å². The van der Waals surface area contributed by atoms with Crippen molar-refractivity contribution in [3.63, 3.8) is 0 Å². The van der Waals surface area contributed by atoms with E-state index in [1.165, 1.54) is 11.8 Å². The van der Waals surface area contributed by atoms with Gasteiger partial charge in [0.15, 0.2) is 0 Å². The van der Waals surface area contributed by atoms with Crippen LogP contribution in [0.25, 0.3) is 10.9 Å². The number of aromatic nitrogens is 2. The summed E-state index contributed by atoms with van der Waals surface area (Å²) < 4.78 is 28.7. The van der Waals surface area contributed by atoms with Crippen molar-refractivity contribution in [3.8, 4) is 6.07 Å². The van der Waals surface area contributed by atoms with Crippen LogP contribution >= 0.6 is 11.8 Å². The lowest BCUT2D eigenvalue weighted by atomic mass is 9.80. The molecule has 1 amide bonds. The highest BCUT2D eigenvalue weighted by molar-refractivity contribution is 7.98. The number of carbonyl (C=O) groups excluding carboxylic acids is 1. The van der Waals surface area contributed by atoms with Gasteiger partial charge >= 0.3 is 0 Å². The van der Waals surface area contributed by atoms with Crippen LogP contribution in [0.15, 0.2) is 34.0 Å². The second-order valence-corrected chi connectivity index (χ2v) is 12.5. The predicted molar refractivity (Wildman–Crippen MR) is 158 cm³/mol. The van der Waals surface area contributed by atoms with Gasteiger partial charge in [0, 0.05) is 64.7 Å². The average Bonchev–Trinajstić information content (AvgIpc) is 3.21. The first-order valence-electron chi connectivity index (χ1n) is 14.2. The van der Waals surface area contributed by atoms with Crippen molar-refractivity contribution < 1.29 is 13.6 Å². The van der Waals surface area contributed by atoms with Gasteiger partial charge < -0.3 is 20.2 Å². The van der Waals surface area contributed by atoms with Crippen LogP contribution in [-0.2, 0) is 6.54 Å². The fourth-order valence-corrected chi connectivity index (χ4v) is 7.41. The van der Waals surface area contributed by atoms with Crippen molar-refractivity contribution in [2.45, 2.75) is 94.8 Å². The van der Waals surface area contributed by atoms with Crippen LogP contribution in [0.5, 0.6) is 0 Å². The summed E-state index contributed by atoms with van der Waals surface area (Å²) in [5.74, 6) is -2.43. The molecule has 2 fully saturated rings. The molecule has 41 heavy (non-hydrogen) atoms. The Morgan fingerprint density at radius 2 is 1.90 bits per heavy atom. The molecule has 1 aromatic carbocycles. The van der Waals surface area contributed by atoms with Crippen molar-refractivity contribution in [2.75, 3.05) is 6.26 Å². The van der Waals surface area contributed by atoms with Gasteiger partial charge in [-0.2, -0.15) is 5.26 Å². The number of benzene rings is 1. The number of nitriles is 1. The fourth-order valence-electron chi connectivity index (χ4n) is 6.70. The predicted octanol–water partition coefficient (Wildman–Crippen LogP) is 5.98. The van der Waals surface area contributed by atoms with Gasteiger partial charge in [-0.1, -0.05) is 6.07 Å². The Kier molecular flexibility index (Phi) is 8.31. The van der Waals surface area contributed by atoms with Crippen LogP contribution in [0.1, 0.15) is 84.4 Å². The number of rotatable bonds is 8. The molecule has 218 valence electrons. The van der Waals surface area contributed by atoms with Gasteiger partial charge in [0.2, 0.25) is 0 Å². The average molecular weight is 582 g/mol. The molecule has 2 aromatic heterocycles. The molecular weight excluding hydrogens is 544 g/mol. The number of halogens is 2. The number of hydrogen-bond acceptors (Lipinski definition) is 5. The van der Waals surface area contributed by atoms with E-state index in [2.05, 4.69) is 33.2 Å². The molecule has 2 aliphatic carbocycles. The zero-order chi connectivity index (χ0) is 29.5. The molecule has 3 aromatic rings. The van der Waals surface area contributed by atoms with E-state index in [4.69, 9.17) is 0 Å². The zero-order valence-corrected chi connectivity index (χ0v) is 24.8. The lowest BCUT2D eigenvalue weighted by Crippen LogP contribution is -2.52. The van der Waals surface area contributed by atoms with Gasteiger partial charge in [0.25, 0.3) is 17.4 Å². The van der Waals surface area contributed by atoms with E-state index in [-0.39, 0.29) is 49.0 Å². The molecule has 10 heteroatoms. The highest BCUT2D eigenvalue weighted by Crippen LogP contribution is 2.41. The number of thioether (sulfide) groups is 1. The van der Waals surface area contributed by atoms with E-state index in [1.54, 1.807) is 6.07 Å². The van der Waals surface area contributed by atoms with Gasteiger partial charge in [0.1, 0.15) is 0 Å². The first-order chi connectivity index (χ1) is 19.5. The molecule has 0 aliphatic heterocycles. The summed E-state index contributed by atoms with van der Waals surface area (Å²) in [4.78, 5) is 29.9. The molecule has 5 rings (SSSR count). The largest absolute Gasteiger partial charge is 0.348 e. The SMILES string of the molecule is CSc1cc(C)[nH]c(=O)c1CNC(=O)c1c(C)n([C@H](C)[C@H]2CC[C@@H](NC3CC(F)(F)C3)CC2)c2cc(C#N)ccc12. The molecule has 2 aliphatic rings. The molecule has 0 saturated heterocycles. The Hall–Kier alpha value is -3.16. The van der Waals surface area contributed by atoms with Crippen LogP contribution in [0.3, 0.4) is 0 Å². The minimum absolute atomic E-state index is 0.0686. The second-order valence-electron chi connectivity index (χ2n) is 11.7. The van der Waals surface area contributed by atoms with Crippen LogP contribution in [0, 0.1) is 31.1 Å². The van der Waals surface area contributed by atoms with Crippen LogP contribution < -0.4 is 16.2 Å². The van der Waals surface area contributed by atoms with E-state index in [1.807, 2.05) is 38.3 Å². The fraction of sp³-hybridized carbons (Fsp3) is 0.516. The summed E-state index contributed by atoms with van der Waals surface area (Å²) in [6, 6.07) is 9.76. The standard InChI is InChI=1S/C31H37F2N5O2S/c1-17-11-27(41-4)25(29(39)36-17)16-35-30(40)28-19(3)38(26-12-20(15-34)5-10-24(26)28)18(2)21-6-8-22(9-7-21)37-23-13-31(32,33)14-23/h5,10-12,18,21-23,37H,6-9,13-14,16H2,1-4H3,(H,35,40)(H,36,39)/t18-,21-,22+/m1/s1. The third-order valence-corrected chi connectivity index (χ3v) is 9.71. The van der Waals surface area contributed by atoms with E-state index in [0.717, 1.165) is 52.9 Å². The van der Waals surface area contributed by atoms with Crippen molar-refractivity contribution in [1.82, 2.24) is 20.2 Å². The molecule has 7 nitrogen and oxygen atoms in total. The third kappa shape index (κ3) is 5.93. The number of pyridine rings is 1. The van der Waals surface area contributed by atoms with Crippen molar-refractivity contribution in [3.05, 3.63) is 62.7 Å². The lowest BCUT2D eigenvalue weighted by Gasteiger charge is -2.41. The molecule has 2 saturated carbocycles. The van der Waals surface area contributed by atoms with E-state index in [9.17, 15) is 23.6 Å². The highest BCUT2D eigenvalue weighted by Gasteiger charge is 2.46. The molecule has 0 bridgehead atoms. The van der Waals surface area contributed by atoms with Crippen molar-refractivity contribution >= 4 is 28.6 Å². The molecule has 0 radical (unpaired) electrons. The maximum atomic E-state index is 13.7. The van der Waals surface area contributed by atoms with Crippen LogP contribution in [0.2, 0.25) is 0 Å². The summed E-state index contributed by atoms with van der Waals surface area (Å²) >= 11 is 1.47. The van der Waals surface area contributed by atoms with Gasteiger partial charge in [0.05, 0.1) is 22.7 Å². The summed E-state index contributed by atoms with van der Waals surface area (Å²) in [6.07, 6.45) is 5.52. The Balaban J connectivity index is 1.37. The molecular formula is C31H37F2N5O2S. The number of aromatic amines is 1. The minimum atomic E-state index is -2.52. The molecule has 0 spiro atoms. The zero-order valence-electron chi connectivity index (χ0n) is 23.9. The molecule has 0 unspecified atom stereocenters. The van der Waals surface area contributed by atoms with Crippen molar-refractivity contribution in [2.24, 2.45) is 5.92 Å². The quantitative estimate of drug-likeness (QED) is 0.284. The molecule has 2 heterocycles. The van der Waals surface area contributed by atoms with Crippen LogP contribution in [0.4, 0.5) is 8.78 Å². The maximum Gasteiger partial charge on any atom is 0.254 e. The summed E-state index contributed by atoms with van der Waals surface area (Å²) in [7, 11) is 0. The van der Waals surface area contributed by atoms with Gasteiger partial charge in [-0.3, -0.25) is 9.59 Å². The van der Waals surface area contributed by atoms with Crippen molar-refractivity contribution in [1.29, 1.82) is 5.26 Å². The topological polar surface area (TPSA) is 103 Å². The maximum absolute atomic E-state index is 13.7. The Labute approximate surface area is 243 Å². The Morgan fingerprint density at radius 3 is 2.54 bits per heavy atom. The normalized spacial score (nSPS) is 21.3. The first kappa shape index (κ1) is 29.3. The number of nitrogens with one attached hydrogen (secondary N) is 3. The van der Waals surface area contributed by atoms with E-state index in [0.29, 0.717) is 22.6 Å². The Morgan fingerprint density at radius 1 is 1.20 bits per heavy atom. The lowest BCUT2D eigenvalue weighted by molar-refractivity contribution is -0.0957. The highest BCUT2D eigenvalue weighted by atomic mass is 32.2. The number of amides is 1. The number of aryl methyl sites for hydroxylation is 1. The Bertz CT molecular complexity index is 1560.